The predicted molar refractivity (Wildman–Crippen MR) is 143 cm³/mol. The van der Waals surface area contributed by atoms with E-state index in [1.165, 1.54) is 11.1 Å². The zero-order valence-corrected chi connectivity index (χ0v) is 21.6. The molecule has 2 atom stereocenters. The monoisotopic (exact) mass is 508 g/mol. The van der Waals surface area contributed by atoms with Gasteiger partial charge in [0.1, 0.15) is 12.4 Å². The van der Waals surface area contributed by atoms with Crippen molar-refractivity contribution in [2.75, 3.05) is 27.3 Å². The number of nitrogens with zero attached hydrogens (tertiary/aromatic N) is 1. The van der Waals surface area contributed by atoms with E-state index in [9.17, 15) is 4.79 Å². The Balaban J connectivity index is 0.00000304. The summed E-state index contributed by atoms with van der Waals surface area (Å²) < 4.78 is 16.9. The highest BCUT2D eigenvalue weighted by Gasteiger charge is 2.35. The summed E-state index contributed by atoms with van der Waals surface area (Å²) in [7, 11) is 3.35. The van der Waals surface area contributed by atoms with Crippen LogP contribution in [-0.2, 0) is 13.0 Å². The number of rotatable bonds is 7. The topological polar surface area (TPSA) is 60.0 Å². The fourth-order valence-corrected chi connectivity index (χ4v) is 5.18. The second-order valence-corrected chi connectivity index (χ2v) is 9.20. The first-order valence-corrected chi connectivity index (χ1v) is 12.2. The maximum Gasteiger partial charge on any atom is 0.251 e. The van der Waals surface area contributed by atoms with Crippen LogP contribution in [0.5, 0.6) is 17.2 Å². The first kappa shape index (κ1) is 25.9. The maximum atomic E-state index is 13.0. The van der Waals surface area contributed by atoms with Gasteiger partial charge < -0.3 is 19.5 Å². The van der Waals surface area contributed by atoms with E-state index in [0.29, 0.717) is 12.2 Å². The molecule has 0 aromatic heterocycles. The quantitative estimate of drug-likeness (QED) is 0.475. The molecule has 7 heteroatoms. The Morgan fingerprint density at radius 1 is 0.972 bits per heavy atom. The number of halogens is 1. The molecule has 0 saturated carbocycles. The molecule has 0 spiro atoms. The van der Waals surface area contributed by atoms with E-state index in [1.54, 1.807) is 14.2 Å². The first-order valence-electron chi connectivity index (χ1n) is 12.2. The fourth-order valence-electron chi connectivity index (χ4n) is 5.18. The highest BCUT2D eigenvalue weighted by Crippen LogP contribution is 2.41. The van der Waals surface area contributed by atoms with Gasteiger partial charge in [0.15, 0.2) is 11.5 Å². The van der Waals surface area contributed by atoms with Gasteiger partial charge >= 0.3 is 0 Å². The lowest BCUT2D eigenvalue weighted by Gasteiger charge is -2.43. The van der Waals surface area contributed by atoms with Crippen LogP contribution in [0.2, 0.25) is 0 Å². The summed E-state index contributed by atoms with van der Waals surface area (Å²) in [4.78, 5) is 15.5. The summed E-state index contributed by atoms with van der Waals surface area (Å²) in [6, 6.07) is 22.0. The van der Waals surface area contributed by atoms with E-state index >= 15 is 0 Å². The maximum absolute atomic E-state index is 13.0. The molecule has 2 unspecified atom stereocenters. The number of nitrogens with one attached hydrogen (secondary N) is 1. The molecule has 0 bridgehead atoms. The molecule has 2 heterocycles. The zero-order valence-electron chi connectivity index (χ0n) is 20.7. The van der Waals surface area contributed by atoms with E-state index in [1.807, 2.05) is 54.6 Å². The van der Waals surface area contributed by atoms with Crippen molar-refractivity contribution in [2.24, 2.45) is 0 Å². The minimum atomic E-state index is -0.0404. The van der Waals surface area contributed by atoms with Gasteiger partial charge in [-0.05, 0) is 72.4 Å². The SMILES string of the molecule is COc1cc2c(cc1OC)C1CC(NC(=O)c3ccc(OCc4ccccc4)cc3)CCN1CC2.Cl. The number of hydrogen-bond donors (Lipinski definition) is 1. The van der Waals surface area contributed by atoms with Gasteiger partial charge in [0.05, 0.1) is 14.2 Å². The zero-order chi connectivity index (χ0) is 24.2. The molecule has 36 heavy (non-hydrogen) atoms. The van der Waals surface area contributed by atoms with Crippen molar-refractivity contribution in [1.29, 1.82) is 0 Å². The van der Waals surface area contributed by atoms with Crippen molar-refractivity contribution < 1.29 is 19.0 Å². The molecular formula is C29H33ClN2O4. The van der Waals surface area contributed by atoms with Gasteiger partial charge in [-0.3, -0.25) is 9.69 Å². The van der Waals surface area contributed by atoms with Crippen molar-refractivity contribution in [2.45, 2.75) is 38.0 Å². The molecule has 2 aliphatic heterocycles. The lowest BCUT2D eigenvalue weighted by molar-refractivity contribution is 0.0843. The van der Waals surface area contributed by atoms with E-state index in [0.717, 1.165) is 55.2 Å². The van der Waals surface area contributed by atoms with Crippen LogP contribution < -0.4 is 19.5 Å². The van der Waals surface area contributed by atoms with Crippen molar-refractivity contribution in [3.05, 3.63) is 89.0 Å². The van der Waals surface area contributed by atoms with Crippen LogP contribution in [0.4, 0.5) is 0 Å². The molecule has 3 aromatic carbocycles. The van der Waals surface area contributed by atoms with Crippen LogP contribution in [-0.4, -0.2) is 44.2 Å². The number of methoxy groups -OCH3 is 2. The molecular weight excluding hydrogens is 476 g/mol. The Labute approximate surface area is 219 Å². The second-order valence-electron chi connectivity index (χ2n) is 9.20. The van der Waals surface area contributed by atoms with Crippen LogP contribution in [0.3, 0.4) is 0 Å². The highest BCUT2D eigenvalue weighted by molar-refractivity contribution is 5.94. The van der Waals surface area contributed by atoms with E-state index in [4.69, 9.17) is 14.2 Å². The van der Waals surface area contributed by atoms with Gasteiger partial charge in [0.2, 0.25) is 0 Å². The van der Waals surface area contributed by atoms with Gasteiger partial charge in [-0.15, -0.1) is 12.4 Å². The summed E-state index contributed by atoms with van der Waals surface area (Å²) in [5, 5.41) is 3.27. The van der Waals surface area contributed by atoms with E-state index < -0.39 is 0 Å². The summed E-state index contributed by atoms with van der Waals surface area (Å²) in [5.74, 6) is 2.24. The smallest absolute Gasteiger partial charge is 0.251 e. The lowest BCUT2D eigenvalue weighted by Crippen LogP contribution is -2.48. The van der Waals surface area contributed by atoms with Gasteiger partial charge in [0.25, 0.3) is 5.91 Å². The molecule has 190 valence electrons. The summed E-state index contributed by atoms with van der Waals surface area (Å²) >= 11 is 0. The summed E-state index contributed by atoms with van der Waals surface area (Å²) in [6.07, 6.45) is 2.83. The van der Waals surface area contributed by atoms with Gasteiger partial charge in [-0.1, -0.05) is 30.3 Å². The average Bonchev–Trinajstić information content (AvgIpc) is 2.91. The molecule has 1 N–H and O–H groups in total. The van der Waals surface area contributed by atoms with Crippen LogP contribution in [0.15, 0.2) is 66.7 Å². The van der Waals surface area contributed by atoms with Crippen LogP contribution >= 0.6 is 12.4 Å². The van der Waals surface area contributed by atoms with Gasteiger partial charge in [-0.25, -0.2) is 0 Å². The minimum absolute atomic E-state index is 0. The molecule has 0 aliphatic carbocycles. The van der Waals surface area contributed by atoms with Crippen LogP contribution in [0.25, 0.3) is 0 Å². The third-order valence-electron chi connectivity index (χ3n) is 7.09. The minimum Gasteiger partial charge on any atom is -0.493 e. The van der Waals surface area contributed by atoms with E-state index in [2.05, 4.69) is 22.3 Å². The Morgan fingerprint density at radius 3 is 2.42 bits per heavy atom. The third kappa shape index (κ3) is 5.61. The van der Waals surface area contributed by atoms with Crippen molar-refractivity contribution in [3.8, 4) is 17.2 Å². The van der Waals surface area contributed by atoms with Crippen LogP contribution in [0, 0.1) is 0 Å². The number of fused-ring (bicyclic) bond motifs is 3. The number of piperidine rings is 1. The van der Waals surface area contributed by atoms with Crippen molar-refractivity contribution in [1.82, 2.24) is 10.2 Å². The second kappa shape index (κ2) is 11.7. The Hall–Kier alpha value is -3.22. The van der Waals surface area contributed by atoms with Gasteiger partial charge in [-0.2, -0.15) is 0 Å². The summed E-state index contributed by atoms with van der Waals surface area (Å²) in [6.45, 7) is 2.50. The number of benzene rings is 3. The molecule has 0 radical (unpaired) electrons. The Bertz CT molecular complexity index is 1170. The Morgan fingerprint density at radius 2 is 1.69 bits per heavy atom. The van der Waals surface area contributed by atoms with Crippen molar-refractivity contribution >= 4 is 18.3 Å². The molecule has 2 aliphatic rings. The number of carbonyl (C=O) groups is 1. The van der Waals surface area contributed by atoms with Crippen molar-refractivity contribution in [3.63, 3.8) is 0 Å². The normalized spacial score (nSPS) is 18.7. The standard InChI is InChI=1S/C29H32N2O4.ClH/c1-33-27-16-22-12-14-31-15-13-23(17-26(31)25(22)18-28(27)34-2)30-29(32)21-8-10-24(11-9-21)35-19-20-6-4-3-5-7-20;/h3-11,16,18,23,26H,12-15,17,19H2,1-2H3,(H,30,32);1H. The van der Waals surface area contributed by atoms with Crippen LogP contribution in [0.1, 0.15) is 45.9 Å². The highest BCUT2D eigenvalue weighted by atomic mass is 35.5. The molecule has 1 amide bonds. The summed E-state index contributed by atoms with van der Waals surface area (Å²) in [5.41, 5.74) is 4.35. The van der Waals surface area contributed by atoms with E-state index in [-0.39, 0.29) is 30.4 Å². The number of ether oxygens (including phenoxy) is 3. The average molecular weight is 509 g/mol. The largest absolute Gasteiger partial charge is 0.493 e. The Kier molecular flexibility index (Phi) is 8.39. The number of hydrogen-bond acceptors (Lipinski definition) is 5. The molecule has 3 aromatic rings. The molecule has 5 rings (SSSR count). The molecule has 6 nitrogen and oxygen atoms in total. The fraction of sp³-hybridized carbons (Fsp3) is 0.345. The predicted octanol–water partition coefficient (Wildman–Crippen LogP) is 5.20. The molecule has 1 fully saturated rings. The lowest BCUT2D eigenvalue weighted by atomic mass is 9.84. The van der Waals surface area contributed by atoms with Gasteiger partial charge in [0, 0.05) is 30.7 Å². The third-order valence-corrected chi connectivity index (χ3v) is 7.09. The molecule has 1 saturated heterocycles. The number of amides is 1. The number of carbonyl (C=O) groups excluding carboxylic acids is 1. The first-order chi connectivity index (χ1) is 17.1.